The van der Waals surface area contributed by atoms with Crippen LogP contribution in [0.25, 0.3) is 16.9 Å². The van der Waals surface area contributed by atoms with Gasteiger partial charge in [0.15, 0.2) is 0 Å². The van der Waals surface area contributed by atoms with Gasteiger partial charge in [0.2, 0.25) is 0 Å². The van der Waals surface area contributed by atoms with Crippen molar-refractivity contribution in [3.63, 3.8) is 0 Å². The Morgan fingerprint density at radius 2 is 1.84 bits per heavy atom. The van der Waals surface area contributed by atoms with Gasteiger partial charge in [-0.2, -0.15) is 5.21 Å². The largest absolute Gasteiger partial charge is 0.412 e. The Morgan fingerprint density at radius 3 is 2.53 bits per heavy atom. The molecule has 3 aromatic rings. The van der Waals surface area contributed by atoms with E-state index in [2.05, 4.69) is 25.6 Å². The van der Waals surface area contributed by atoms with E-state index < -0.39 is 0 Å². The number of tetrazole rings is 1. The van der Waals surface area contributed by atoms with Crippen LogP contribution in [0.4, 0.5) is 0 Å². The molecule has 2 heterocycles. The van der Waals surface area contributed by atoms with Crippen LogP contribution in [0.5, 0.6) is 0 Å². The van der Waals surface area contributed by atoms with Crippen molar-refractivity contribution >= 4 is 10.9 Å². The van der Waals surface area contributed by atoms with Gasteiger partial charge in [0.1, 0.15) is 6.33 Å². The Morgan fingerprint density at radius 1 is 1.11 bits per heavy atom. The third-order valence-corrected chi connectivity index (χ3v) is 2.22. The predicted molar refractivity (Wildman–Crippen MR) is 65.9 cm³/mol. The van der Waals surface area contributed by atoms with Gasteiger partial charge >= 0.3 is 0 Å². The standard InChI is InChI=1S/C9H6N6O.3H2O/c16-8-6-3-1-2-4-7(6)10-5-15(8)9-11-13-14-12-9;;;/h1-5H,(H,11,12,13,14);3*1H2. The maximum absolute atomic E-state index is 12.0. The number of H-pyrrole nitrogens is 1. The maximum Gasteiger partial charge on any atom is 0.278 e. The van der Waals surface area contributed by atoms with Crippen LogP contribution in [0.2, 0.25) is 0 Å². The first kappa shape index (κ1) is 16.3. The van der Waals surface area contributed by atoms with Crippen molar-refractivity contribution in [2.45, 2.75) is 0 Å². The van der Waals surface area contributed by atoms with Crippen LogP contribution in [-0.2, 0) is 0 Å². The molecule has 19 heavy (non-hydrogen) atoms. The number of aromatic amines is 1. The summed E-state index contributed by atoms with van der Waals surface area (Å²) in [6, 6.07) is 7.10. The fourth-order valence-electron chi connectivity index (χ4n) is 1.47. The minimum atomic E-state index is -0.216. The van der Waals surface area contributed by atoms with Gasteiger partial charge in [0.25, 0.3) is 11.5 Å². The first-order valence-electron chi connectivity index (χ1n) is 4.56. The Bertz CT molecular complexity index is 695. The van der Waals surface area contributed by atoms with Gasteiger partial charge in [-0.3, -0.25) is 4.79 Å². The molecule has 10 heteroatoms. The van der Waals surface area contributed by atoms with Crippen molar-refractivity contribution in [1.82, 2.24) is 30.2 Å². The summed E-state index contributed by atoms with van der Waals surface area (Å²) in [6.07, 6.45) is 1.38. The predicted octanol–water partition coefficient (Wildman–Crippen LogP) is -2.58. The molecule has 1 aromatic carbocycles. The Balaban J connectivity index is 0.00000108. The van der Waals surface area contributed by atoms with Gasteiger partial charge in [-0.15, -0.1) is 5.10 Å². The molecule has 3 rings (SSSR count). The second kappa shape index (κ2) is 6.30. The van der Waals surface area contributed by atoms with Crippen molar-refractivity contribution < 1.29 is 16.4 Å². The van der Waals surface area contributed by atoms with Gasteiger partial charge in [-0.25, -0.2) is 9.55 Å². The van der Waals surface area contributed by atoms with E-state index in [9.17, 15) is 4.79 Å². The first-order chi connectivity index (χ1) is 7.86. The SMILES string of the molecule is O.O.O.O=c1c2ccccc2ncn1-c1nn[nH]n1. The van der Waals surface area contributed by atoms with Crippen LogP contribution < -0.4 is 5.56 Å². The number of aromatic nitrogens is 6. The first-order valence-corrected chi connectivity index (χ1v) is 4.56. The zero-order valence-corrected chi connectivity index (χ0v) is 9.53. The van der Waals surface area contributed by atoms with E-state index in [1.165, 1.54) is 10.9 Å². The van der Waals surface area contributed by atoms with Gasteiger partial charge in [-0.05, 0) is 17.3 Å². The average molecular weight is 268 g/mol. The van der Waals surface area contributed by atoms with E-state index in [1.807, 2.05) is 6.07 Å². The fraction of sp³-hybridized carbons (Fsp3) is 0. The molecule has 0 fully saturated rings. The molecule has 7 N–H and O–H groups in total. The topological polar surface area (TPSA) is 184 Å². The minimum absolute atomic E-state index is 0. The van der Waals surface area contributed by atoms with Crippen molar-refractivity contribution in [3.05, 3.63) is 40.9 Å². The minimum Gasteiger partial charge on any atom is -0.412 e. The highest BCUT2D eigenvalue weighted by Crippen LogP contribution is 2.05. The fourth-order valence-corrected chi connectivity index (χ4v) is 1.47. The van der Waals surface area contributed by atoms with Crippen molar-refractivity contribution in [1.29, 1.82) is 0 Å². The molecule has 0 atom stereocenters. The molecule has 0 spiro atoms. The van der Waals surface area contributed by atoms with Crippen LogP contribution in [0.3, 0.4) is 0 Å². The normalized spacial score (nSPS) is 9.05. The van der Waals surface area contributed by atoms with E-state index in [0.29, 0.717) is 10.9 Å². The quantitative estimate of drug-likeness (QED) is 0.507. The number of nitrogens with zero attached hydrogens (tertiary/aromatic N) is 5. The highest BCUT2D eigenvalue weighted by atomic mass is 16.1. The zero-order valence-electron chi connectivity index (χ0n) is 9.53. The van der Waals surface area contributed by atoms with Crippen molar-refractivity contribution in [2.24, 2.45) is 0 Å². The number of fused-ring (bicyclic) bond motifs is 1. The Labute approximate surface area is 105 Å². The highest BCUT2D eigenvalue weighted by Gasteiger charge is 2.07. The molecule has 2 aromatic heterocycles. The number of nitrogens with one attached hydrogen (secondary N) is 1. The number of para-hydroxylation sites is 1. The molecular formula is C9H12N6O4. The summed E-state index contributed by atoms with van der Waals surface area (Å²) in [5.41, 5.74) is 0.430. The van der Waals surface area contributed by atoms with Crippen LogP contribution >= 0.6 is 0 Å². The van der Waals surface area contributed by atoms with E-state index in [1.54, 1.807) is 18.2 Å². The number of hydrogen-bond donors (Lipinski definition) is 1. The lowest BCUT2D eigenvalue weighted by Gasteiger charge is -2.00. The molecule has 0 amide bonds. The summed E-state index contributed by atoms with van der Waals surface area (Å²) in [6.45, 7) is 0. The molecule has 0 aliphatic rings. The zero-order chi connectivity index (χ0) is 11.0. The van der Waals surface area contributed by atoms with Crippen molar-refractivity contribution in [2.75, 3.05) is 0 Å². The second-order valence-electron chi connectivity index (χ2n) is 3.15. The summed E-state index contributed by atoms with van der Waals surface area (Å²) >= 11 is 0. The number of rotatable bonds is 1. The summed E-state index contributed by atoms with van der Waals surface area (Å²) in [5.74, 6) is 0.184. The Hall–Kier alpha value is -2.69. The van der Waals surface area contributed by atoms with E-state index in [-0.39, 0.29) is 27.9 Å². The lowest BCUT2D eigenvalue weighted by molar-refractivity contribution is 0.823. The summed E-state index contributed by atoms with van der Waals surface area (Å²) in [4.78, 5) is 16.2. The van der Waals surface area contributed by atoms with Crippen LogP contribution in [0.1, 0.15) is 0 Å². The second-order valence-corrected chi connectivity index (χ2v) is 3.15. The van der Waals surface area contributed by atoms with E-state index >= 15 is 0 Å². The lowest BCUT2D eigenvalue weighted by Crippen LogP contribution is -2.19. The molecular weight excluding hydrogens is 256 g/mol. The third-order valence-electron chi connectivity index (χ3n) is 2.22. The highest BCUT2D eigenvalue weighted by molar-refractivity contribution is 5.77. The lowest BCUT2D eigenvalue weighted by atomic mass is 10.2. The van der Waals surface area contributed by atoms with Gasteiger partial charge < -0.3 is 16.4 Å². The molecule has 0 aliphatic carbocycles. The molecule has 0 unspecified atom stereocenters. The van der Waals surface area contributed by atoms with Gasteiger partial charge in [0, 0.05) is 0 Å². The summed E-state index contributed by atoms with van der Waals surface area (Å²) in [7, 11) is 0. The van der Waals surface area contributed by atoms with E-state index in [4.69, 9.17) is 0 Å². The van der Waals surface area contributed by atoms with Gasteiger partial charge in [-0.1, -0.05) is 17.2 Å². The number of hydrogen-bond acceptors (Lipinski definition) is 5. The Kier molecular flexibility index (Phi) is 5.41. The number of benzene rings is 1. The van der Waals surface area contributed by atoms with Crippen molar-refractivity contribution in [3.8, 4) is 5.95 Å². The maximum atomic E-state index is 12.0. The molecule has 102 valence electrons. The van der Waals surface area contributed by atoms with Crippen LogP contribution in [0.15, 0.2) is 35.4 Å². The molecule has 0 aliphatic heterocycles. The van der Waals surface area contributed by atoms with Crippen LogP contribution in [-0.4, -0.2) is 46.6 Å². The molecule has 0 radical (unpaired) electrons. The van der Waals surface area contributed by atoms with Gasteiger partial charge in [0.05, 0.1) is 10.9 Å². The summed E-state index contributed by atoms with van der Waals surface area (Å²) < 4.78 is 1.24. The monoisotopic (exact) mass is 268 g/mol. The molecule has 0 bridgehead atoms. The van der Waals surface area contributed by atoms with E-state index in [0.717, 1.165) is 0 Å². The smallest absolute Gasteiger partial charge is 0.278 e. The third kappa shape index (κ3) is 2.60. The van der Waals surface area contributed by atoms with Crippen LogP contribution in [0, 0.1) is 0 Å². The molecule has 0 saturated carbocycles. The average Bonchev–Trinajstić information content (AvgIpc) is 2.83. The molecule has 10 nitrogen and oxygen atoms in total. The summed E-state index contributed by atoms with van der Waals surface area (Å²) in [5, 5.41) is 13.7. The molecule has 0 saturated heterocycles.